The molecular weight excluding hydrogens is 136 g/mol. The molecule has 11 heavy (non-hydrogen) atoms. The number of ether oxygens (including phenoxy) is 1. The SMILES string of the molecule is CC#CC(C)C1CCOCC1. The van der Waals surface area contributed by atoms with Gasteiger partial charge < -0.3 is 4.74 Å². The second kappa shape index (κ2) is 4.41. The average Bonchev–Trinajstić information content (AvgIpc) is 2.07. The summed E-state index contributed by atoms with van der Waals surface area (Å²) >= 11 is 0. The van der Waals surface area contributed by atoms with Crippen molar-refractivity contribution in [1.29, 1.82) is 0 Å². The fraction of sp³-hybridized carbons (Fsp3) is 0.800. The summed E-state index contributed by atoms with van der Waals surface area (Å²) < 4.78 is 5.28. The minimum Gasteiger partial charge on any atom is -0.381 e. The van der Waals surface area contributed by atoms with Crippen molar-refractivity contribution in [3.63, 3.8) is 0 Å². The third-order valence-electron chi connectivity index (χ3n) is 2.35. The Morgan fingerprint density at radius 2 is 2.00 bits per heavy atom. The zero-order valence-corrected chi connectivity index (χ0v) is 7.39. The van der Waals surface area contributed by atoms with Crippen LogP contribution in [0, 0.1) is 23.7 Å². The highest BCUT2D eigenvalue weighted by Gasteiger charge is 2.18. The quantitative estimate of drug-likeness (QED) is 0.523. The van der Waals surface area contributed by atoms with Gasteiger partial charge in [-0.3, -0.25) is 0 Å². The summed E-state index contributed by atoms with van der Waals surface area (Å²) in [4.78, 5) is 0. The van der Waals surface area contributed by atoms with E-state index in [9.17, 15) is 0 Å². The molecule has 0 spiro atoms. The molecule has 1 unspecified atom stereocenters. The number of rotatable bonds is 1. The third kappa shape index (κ3) is 2.55. The van der Waals surface area contributed by atoms with Crippen LogP contribution in [0.1, 0.15) is 26.7 Å². The zero-order valence-electron chi connectivity index (χ0n) is 7.39. The minimum atomic E-state index is 0.559. The first-order valence-electron chi connectivity index (χ1n) is 4.34. The highest BCUT2D eigenvalue weighted by atomic mass is 16.5. The number of hydrogen-bond acceptors (Lipinski definition) is 1. The summed E-state index contributed by atoms with van der Waals surface area (Å²) in [5.74, 6) is 7.52. The van der Waals surface area contributed by atoms with Crippen LogP contribution in [0.4, 0.5) is 0 Å². The van der Waals surface area contributed by atoms with Crippen LogP contribution >= 0.6 is 0 Å². The molecule has 62 valence electrons. The van der Waals surface area contributed by atoms with E-state index in [0.29, 0.717) is 5.92 Å². The normalized spacial score (nSPS) is 22.0. The van der Waals surface area contributed by atoms with E-state index in [1.165, 1.54) is 12.8 Å². The number of hydrogen-bond donors (Lipinski definition) is 0. The van der Waals surface area contributed by atoms with Crippen LogP contribution < -0.4 is 0 Å². The maximum atomic E-state index is 5.28. The molecule has 0 aromatic rings. The van der Waals surface area contributed by atoms with Crippen LogP contribution in [-0.2, 0) is 4.74 Å². The van der Waals surface area contributed by atoms with Crippen molar-refractivity contribution in [2.24, 2.45) is 11.8 Å². The van der Waals surface area contributed by atoms with Gasteiger partial charge in [-0.25, -0.2) is 0 Å². The van der Waals surface area contributed by atoms with Crippen molar-refractivity contribution >= 4 is 0 Å². The first kappa shape index (κ1) is 8.62. The standard InChI is InChI=1S/C10H16O/c1-3-4-9(2)10-5-7-11-8-6-10/h9-10H,5-8H2,1-2H3. The summed E-state index contributed by atoms with van der Waals surface area (Å²) in [6.45, 7) is 5.99. The van der Waals surface area contributed by atoms with Crippen LogP contribution in [0.2, 0.25) is 0 Å². The molecule has 1 saturated heterocycles. The highest BCUT2D eigenvalue weighted by molar-refractivity contribution is 5.01. The van der Waals surface area contributed by atoms with Gasteiger partial charge in [-0.1, -0.05) is 6.92 Å². The molecule has 1 atom stereocenters. The molecule has 0 saturated carbocycles. The molecule has 1 fully saturated rings. The molecule has 1 heterocycles. The van der Waals surface area contributed by atoms with E-state index in [1.54, 1.807) is 0 Å². The lowest BCUT2D eigenvalue weighted by atomic mass is 9.88. The molecule has 1 rings (SSSR count). The Bertz CT molecular complexity index is 157. The largest absolute Gasteiger partial charge is 0.381 e. The summed E-state index contributed by atoms with van der Waals surface area (Å²) in [6.07, 6.45) is 2.38. The van der Waals surface area contributed by atoms with Crippen molar-refractivity contribution < 1.29 is 4.74 Å². The molecule has 1 aliphatic heterocycles. The van der Waals surface area contributed by atoms with E-state index in [1.807, 2.05) is 6.92 Å². The van der Waals surface area contributed by atoms with Gasteiger partial charge in [0.2, 0.25) is 0 Å². The lowest BCUT2D eigenvalue weighted by Crippen LogP contribution is -2.20. The summed E-state index contributed by atoms with van der Waals surface area (Å²) in [6, 6.07) is 0. The Hall–Kier alpha value is -0.480. The van der Waals surface area contributed by atoms with Gasteiger partial charge in [0.15, 0.2) is 0 Å². The summed E-state index contributed by atoms with van der Waals surface area (Å²) in [7, 11) is 0. The Morgan fingerprint density at radius 1 is 1.36 bits per heavy atom. The van der Waals surface area contributed by atoms with Crippen LogP contribution in [0.25, 0.3) is 0 Å². The fourth-order valence-electron chi connectivity index (χ4n) is 1.56. The van der Waals surface area contributed by atoms with Gasteiger partial charge in [-0.15, -0.1) is 11.8 Å². The van der Waals surface area contributed by atoms with Gasteiger partial charge >= 0.3 is 0 Å². The molecule has 0 aromatic heterocycles. The lowest BCUT2D eigenvalue weighted by molar-refractivity contribution is 0.0571. The van der Waals surface area contributed by atoms with Crippen molar-refractivity contribution in [3.05, 3.63) is 0 Å². The fourth-order valence-corrected chi connectivity index (χ4v) is 1.56. The maximum Gasteiger partial charge on any atom is 0.0469 e. The smallest absolute Gasteiger partial charge is 0.0469 e. The second-order valence-electron chi connectivity index (χ2n) is 3.13. The van der Waals surface area contributed by atoms with Crippen molar-refractivity contribution in [2.45, 2.75) is 26.7 Å². The topological polar surface area (TPSA) is 9.23 Å². The van der Waals surface area contributed by atoms with Crippen LogP contribution in [0.5, 0.6) is 0 Å². The Labute approximate surface area is 69.1 Å². The van der Waals surface area contributed by atoms with E-state index >= 15 is 0 Å². The highest BCUT2D eigenvalue weighted by Crippen LogP contribution is 2.22. The van der Waals surface area contributed by atoms with Crippen LogP contribution in [-0.4, -0.2) is 13.2 Å². The molecule has 0 bridgehead atoms. The monoisotopic (exact) mass is 152 g/mol. The van der Waals surface area contributed by atoms with Crippen molar-refractivity contribution in [1.82, 2.24) is 0 Å². The van der Waals surface area contributed by atoms with Gasteiger partial charge in [-0.2, -0.15) is 0 Å². The van der Waals surface area contributed by atoms with Gasteiger partial charge in [0.25, 0.3) is 0 Å². The van der Waals surface area contributed by atoms with E-state index in [2.05, 4.69) is 18.8 Å². The molecule has 0 amide bonds. The minimum absolute atomic E-state index is 0.559. The molecular formula is C10H16O. The lowest BCUT2D eigenvalue weighted by Gasteiger charge is -2.24. The van der Waals surface area contributed by atoms with Gasteiger partial charge in [0.1, 0.15) is 0 Å². The van der Waals surface area contributed by atoms with E-state index in [0.717, 1.165) is 19.1 Å². The molecule has 0 N–H and O–H groups in total. The third-order valence-corrected chi connectivity index (χ3v) is 2.35. The van der Waals surface area contributed by atoms with Gasteiger partial charge in [0.05, 0.1) is 0 Å². The zero-order chi connectivity index (χ0) is 8.10. The van der Waals surface area contributed by atoms with Crippen molar-refractivity contribution in [3.8, 4) is 11.8 Å². The van der Waals surface area contributed by atoms with E-state index in [4.69, 9.17) is 4.74 Å². The summed E-state index contributed by atoms with van der Waals surface area (Å²) in [5, 5.41) is 0. The molecule has 1 nitrogen and oxygen atoms in total. The molecule has 0 aliphatic carbocycles. The first-order chi connectivity index (χ1) is 5.34. The average molecular weight is 152 g/mol. The molecule has 1 aliphatic rings. The molecule has 0 radical (unpaired) electrons. The van der Waals surface area contributed by atoms with Gasteiger partial charge in [-0.05, 0) is 25.7 Å². The Morgan fingerprint density at radius 3 is 2.55 bits per heavy atom. The van der Waals surface area contributed by atoms with E-state index in [-0.39, 0.29) is 0 Å². The molecule has 0 aromatic carbocycles. The first-order valence-corrected chi connectivity index (χ1v) is 4.34. The predicted molar refractivity (Wildman–Crippen MR) is 46.2 cm³/mol. The van der Waals surface area contributed by atoms with Crippen LogP contribution in [0.15, 0.2) is 0 Å². The molecule has 1 heteroatoms. The Balaban J connectivity index is 2.36. The maximum absolute atomic E-state index is 5.28. The van der Waals surface area contributed by atoms with Crippen molar-refractivity contribution in [2.75, 3.05) is 13.2 Å². The van der Waals surface area contributed by atoms with E-state index < -0.39 is 0 Å². The summed E-state index contributed by atoms with van der Waals surface area (Å²) in [5.41, 5.74) is 0. The van der Waals surface area contributed by atoms with Crippen LogP contribution in [0.3, 0.4) is 0 Å². The predicted octanol–water partition coefficient (Wildman–Crippen LogP) is 2.07. The van der Waals surface area contributed by atoms with Gasteiger partial charge in [0, 0.05) is 19.1 Å². The second-order valence-corrected chi connectivity index (χ2v) is 3.13. The Kier molecular flexibility index (Phi) is 3.45.